The van der Waals surface area contributed by atoms with Crippen LogP contribution in [0.1, 0.15) is 36.1 Å². The van der Waals surface area contributed by atoms with E-state index < -0.39 is 11.2 Å². The second-order valence-corrected chi connectivity index (χ2v) is 4.67. The second kappa shape index (κ2) is 5.63. The third kappa shape index (κ3) is 3.75. The minimum absolute atomic E-state index is 0.118. The van der Waals surface area contributed by atoms with Crippen molar-refractivity contribution in [2.45, 2.75) is 32.4 Å². The van der Waals surface area contributed by atoms with Crippen LogP contribution in [0.25, 0.3) is 0 Å². The van der Waals surface area contributed by atoms with Gasteiger partial charge in [0.05, 0.1) is 0 Å². The zero-order valence-electron chi connectivity index (χ0n) is 9.27. The minimum Gasteiger partial charge on any atom is -0.317 e. The van der Waals surface area contributed by atoms with Crippen LogP contribution >= 0.6 is 11.3 Å². The van der Waals surface area contributed by atoms with E-state index in [9.17, 15) is 13.2 Å². The molecular formula is C10H15F3N2S. The first kappa shape index (κ1) is 13.4. The fourth-order valence-electron chi connectivity index (χ4n) is 1.28. The van der Waals surface area contributed by atoms with Gasteiger partial charge in [0.1, 0.15) is 0 Å². The molecule has 6 heteroatoms. The lowest BCUT2D eigenvalue weighted by atomic mass is 10.1. The van der Waals surface area contributed by atoms with E-state index in [0.29, 0.717) is 4.88 Å². The molecule has 0 saturated heterocycles. The van der Waals surface area contributed by atoms with Gasteiger partial charge in [0.2, 0.25) is 0 Å². The van der Waals surface area contributed by atoms with Crippen LogP contribution in [0.4, 0.5) is 13.2 Å². The topological polar surface area (TPSA) is 24.9 Å². The van der Waals surface area contributed by atoms with Crippen LogP contribution in [-0.4, -0.2) is 18.1 Å². The number of halogens is 3. The molecule has 1 rings (SSSR count). The first-order chi connectivity index (χ1) is 7.45. The van der Waals surface area contributed by atoms with Crippen molar-refractivity contribution in [3.63, 3.8) is 0 Å². The highest BCUT2D eigenvalue weighted by Gasteiger charge is 2.34. The summed E-state index contributed by atoms with van der Waals surface area (Å²) in [5.74, 6) is 0.118. The van der Waals surface area contributed by atoms with Crippen LogP contribution in [-0.2, 0) is 6.18 Å². The summed E-state index contributed by atoms with van der Waals surface area (Å²) in [5, 5.41) is 2.40. The molecule has 1 aromatic rings. The molecule has 0 spiro atoms. The molecule has 1 heterocycles. The van der Waals surface area contributed by atoms with Gasteiger partial charge in [-0.2, -0.15) is 13.2 Å². The summed E-state index contributed by atoms with van der Waals surface area (Å²) in [5.41, 5.74) is 0. The Morgan fingerprint density at radius 2 is 2.19 bits per heavy atom. The minimum atomic E-state index is -4.32. The Morgan fingerprint density at radius 1 is 1.50 bits per heavy atom. The number of hydrogen-bond acceptors (Lipinski definition) is 3. The van der Waals surface area contributed by atoms with Crippen molar-refractivity contribution in [2.24, 2.45) is 0 Å². The Morgan fingerprint density at radius 3 is 2.69 bits per heavy atom. The standard InChI is InChI=1S/C10H15F3N2S/c1-3-14-5-4-7(2)8-6-15-9(16-8)10(11,12)13/h6-7,14H,3-5H2,1-2H3. The number of thiazole rings is 1. The van der Waals surface area contributed by atoms with Crippen LogP contribution in [0.15, 0.2) is 6.20 Å². The molecule has 0 aromatic carbocycles. The Kier molecular flexibility index (Phi) is 4.73. The molecule has 1 atom stereocenters. The lowest BCUT2D eigenvalue weighted by Gasteiger charge is -2.08. The number of rotatable bonds is 5. The highest BCUT2D eigenvalue weighted by molar-refractivity contribution is 7.11. The van der Waals surface area contributed by atoms with Gasteiger partial charge in [-0.25, -0.2) is 4.98 Å². The van der Waals surface area contributed by atoms with Crippen molar-refractivity contribution < 1.29 is 13.2 Å². The summed E-state index contributed by atoms with van der Waals surface area (Å²) < 4.78 is 36.9. The van der Waals surface area contributed by atoms with Gasteiger partial charge in [0.25, 0.3) is 0 Å². The molecule has 0 saturated carbocycles. The smallest absolute Gasteiger partial charge is 0.317 e. The van der Waals surface area contributed by atoms with Crippen LogP contribution in [0.5, 0.6) is 0 Å². The SMILES string of the molecule is CCNCCC(C)c1cnc(C(F)(F)F)s1. The highest BCUT2D eigenvalue weighted by atomic mass is 32.1. The number of hydrogen-bond donors (Lipinski definition) is 1. The van der Waals surface area contributed by atoms with Crippen LogP contribution in [0.3, 0.4) is 0 Å². The molecular weight excluding hydrogens is 237 g/mol. The maximum absolute atomic E-state index is 12.3. The molecule has 2 nitrogen and oxygen atoms in total. The monoisotopic (exact) mass is 252 g/mol. The van der Waals surface area contributed by atoms with Gasteiger partial charge < -0.3 is 5.32 Å². The number of aromatic nitrogens is 1. The molecule has 0 bridgehead atoms. The first-order valence-electron chi connectivity index (χ1n) is 5.18. The van der Waals surface area contributed by atoms with Crippen molar-refractivity contribution in [3.05, 3.63) is 16.1 Å². The summed E-state index contributed by atoms with van der Waals surface area (Å²) in [6.07, 6.45) is -2.15. The number of nitrogens with zero attached hydrogens (tertiary/aromatic N) is 1. The molecule has 1 unspecified atom stereocenters. The van der Waals surface area contributed by atoms with E-state index in [1.165, 1.54) is 6.20 Å². The van der Waals surface area contributed by atoms with E-state index in [1.54, 1.807) is 0 Å². The molecule has 92 valence electrons. The normalized spacial score (nSPS) is 14.1. The predicted octanol–water partition coefficient (Wildman–Crippen LogP) is 3.27. The summed E-state index contributed by atoms with van der Waals surface area (Å²) in [7, 11) is 0. The molecule has 1 N–H and O–H groups in total. The van der Waals surface area contributed by atoms with E-state index in [1.807, 2.05) is 13.8 Å². The van der Waals surface area contributed by atoms with Crippen molar-refractivity contribution >= 4 is 11.3 Å². The van der Waals surface area contributed by atoms with Crippen molar-refractivity contribution in [1.82, 2.24) is 10.3 Å². The molecule has 1 aromatic heterocycles. The maximum Gasteiger partial charge on any atom is 0.443 e. The van der Waals surface area contributed by atoms with Gasteiger partial charge in [-0.1, -0.05) is 13.8 Å². The largest absolute Gasteiger partial charge is 0.443 e. The maximum atomic E-state index is 12.3. The molecule has 16 heavy (non-hydrogen) atoms. The highest BCUT2D eigenvalue weighted by Crippen LogP contribution is 2.35. The average molecular weight is 252 g/mol. The number of nitrogens with one attached hydrogen (secondary N) is 1. The summed E-state index contributed by atoms with van der Waals surface area (Å²) in [6, 6.07) is 0. The van der Waals surface area contributed by atoms with E-state index >= 15 is 0 Å². The van der Waals surface area contributed by atoms with Gasteiger partial charge in [-0.3, -0.25) is 0 Å². The Balaban J connectivity index is 2.56. The lowest BCUT2D eigenvalue weighted by molar-refractivity contribution is -0.137. The molecule has 0 radical (unpaired) electrons. The van der Waals surface area contributed by atoms with Gasteiger partial charge >= 0.3 is 6.18 Å². The second-order valence-electron chi connectivity index (χ2n) is 3.61. The average Bonchev–Trinajstić information content (AvgIpc) is 2.66. The first-order valence-corrected chi connectivity index (χ1v) is 6.00. The third-order valence-corrected chi connectivity index (χ3v) is 3.53. The summed E-state index contributed by atoms with van der Waals surface area (Å²) in [6.45, 7) is 5.62. The molecule has 0 aliphatic carbocycles. The number of alkyl halides is 3. The van der Waals surface area contributed by atoms with E-state index in [0.717, 1.165) is 30.8 Å². The van der Waals surface area contributed by atoms with Crippen LogP contribution < -0.4 is 5.32 Å². The van der Waals surface area contributed by atoms with Gasteiger partial charge in [-0.15, -0.1) is 11.3 Å². The van der Waals surface area contributed by atoms with Crippen LogP contribution in [0.2, 0.25) is 0 Å². The zero-order valence-corrected chi connectivity index (χ0v) is 10.1. The quantitative estimate of drug-likeness (QED) is 0.814. The van der Waals surface area contributed by atoms with Crippen molar-refractivity contribution in [2.75, 3.05) is 13.1 Å². The van der Waals surface area contributed by atoms with Crippen molar-refractivity contribution in [3.8, 4) is 0 Å². The summed E-state index contributed by atoms with van der Waals surface area (Å²) in [4.78, 5) is 4.11. The van der Waals surface area contributed by atoms with E-state index in [-0.39, 0.29) is 5.92 Å². The lowest BCUT2D eigenvalue weighted by Crippen LogP contribution is -2.15. The fourth-order valence-corrected chi connectivity index (χ4v) is 2.15. The molecule has 0 aliphatic heterocycles. The van der Waals surface area contributed by atoms with Crippen molar-refractivity contribution in [1.29, 1.82) is 0 Å². The fraction of sp³-hybridized carbons (Fsp3) is 0.700. The zero-order chi connectivity index (χ0) is 12.2. The molecule has 0 aliphatic rings. The Bertz CT molecular complexity index is 322. The molecule has 0 amide bonds. The van der Waals surface area contributed by atoms with Crippen LogP contribution in [0, 0.1) is 0 Å². The Hall–Kier alpha value is -0.620. The summed E-state index contributed by atoms with van der Waals surface area (Å²) >= 11 is 0.742. The molecule has 0 fully saturated rings. The van der Waals surface area contributed by atoms with Gasteiger partial charge in [0, 0.05) is 11.1 Å². The predicted molar refractivity (Wildman–Crippen MR) is 58.7 cm³/mol. The van der Waals surface area contributed by atoms with Gasteiger partial charge in [0.15, 0.2) is 5.01 Å². The van der Waals surface area contributed by atoms with Gasteiger partial charge in [-0.05, 0) is 25.4 Å². The Labute approximate surface area is 96.9 Å². The van der Waals surface area contributed by atoms with E-state index in [2.05, 4.69) is 10.3 Å². The third-order valence-electron chi connectivity index (χ3n) is 2.26. The van der Waals surface area contributed by atoms with E-state index in [4.69, 9.17) is 0 Å².